The van der Waals surface area contributed by atoms with Crippen LogP contribution < -0.4 is 10.2 Å². The normalized spacial score (nSPS) is 13.0. The molecule has 1 atom stereocenters. The van der Waals surface area contributed by atoms with Crippen LogP contribution in [0.15, 0.2) is 22.7 Å². The van der Waals surface area contributed by atoms with Crippen molar-refractivity contribution in [1.29, 1.82) is 0 Å². The highest BCUT2D eigenvalue weighted by molar-refractivity contribution is 9.10. The van der Waals surface area contributed by atoms with Gasteiger partial charge in [-0.3, -0.25) is 0 Å². The molecule has 3 nitrogen and oxygen atoms in total. The van der Waals surface area contributed by atoms with Crippen LogP contribution in [0.3, 0.4) is 0 Å². The standard InChI is InChI=1S/C17H30BrN3/c1-13(2)12-21(10-9-20(5)6)17-8-7-15(11-16(17)18)14(3)19-4/h7-8,11,13-14,19H,9-10,12H2,1-6H3. The molecule has 0 aliphatic rings. The Labute approximate surface area is 138 Å². The molecule has 1 aromatic carbocycles. The summed E-state index contributed by atoms with van der Waals surface area (Å²) in [7, 11) is 6.25. The number of halogens is 1. The van der Waals surface area contributed by atoms with Crippen LogP contribution in [0.5, 0.6) is 0 Å². The zero-order valence-corrected chi connectivity index (χ0v) is 15.9. The lowest BCUT2D eigenvalue weighted by atomic mass is 10.1. The third-order valence-electron chi connectivity index (χ3n) is 3.65. The maximum atomic E-state index is 3.76. The van der Waals surface area contributed by atoms with Gasteiger partial charge in [-0.2, -0.15) is 0 Å². The molecule has 0 amide bonds. The Morgan fingerprint density at radius 3 is 2.29 bits per heavy atom. The highest BCUT2D eigenvalue weighted by Crippen LogP contribution is 2.30. The summed E-state index contributed by atoms with van der Waals surface area (Å²) in [5, 5.41) is 3.29. The van der Waals surface area contributed by atoms with Crippen molar-refractivity contribution in [3.05, 3.63) is 28.2 Å². The highest BCUT2D eigenvalue weighted by Gasteiger charge is 2.14. The fraction of sp³-hybridized carbons (Fsp3) is 0.647. The summed E-state index contributed by atoms with van der Waals surface area (Å²) in [6.45, 7) is 9.91. The predicted molar refractivity (Wildman–Crippen MR) is 97.2 cm³/mol. The summed E-state index contributed by atoms with van der Waals surface area (Å²) in [5.41, 5.74) is 2.60. The molecule has 21 heavy (non-hydrogen) atoms. The summed E-state index contributed by atoms with van der Waals surface area (Å²) in [5.74, 6) is 0.648. The summed E-state index contributed by atoms with van der Waals surface area (Å²) in [6.07, 6.45) is 0. The van der Waals surface area contributed by atoms with Crippen molar-refractivity contribution in [3.8, 4) is 0 Å². The minimum Gasteiger partial charge on any atom is -0.369 e. The van der Waals surface area contributed by atoms with E-state index >= 15 is 0 Å². The van der Waals surface area contributed by atoms with E-state index in [0.717, 1.165) is 19.6 Å². The molecular weight excluding hydrogens is 326 g/mol. The van der Waals surface area contributed by atoms with Gasteiger partial charge in [-0.25, -0.2) is 0 Å². The topological polar surface area (TPSA) is 18.5 Å². The fourth-order valence-electron chi connectivity index (χ4n) is 2.29. The maximum Gasteiger partial charge on any atom is 0.0511 e. The summed E-state index contributed by atoms with van der Waals surface area (Å²) < 4.78 is 1.18. The van der Waals surface area contributed by atoms with E-state index in [1.807, 2.05) is 7.05 Å². The van der Waals surface area contributed by atoms with Gasteiger partial charge in [-0.15, -0.1) is 0 Å². The Morgan fingerprint density at radius 2 is 1.81 bits per heavy atom. The first-order valence-electron chi connectivity index (χ1n) is 7.71. The molecular formula is C17H30BrN3. The van der Waals surface area contributed by atoms with Gasteiger partial charge in [0, 0.05) is 30.1 Å². The molecule has 0 fully saturated rings. The number of likely N-dealkylation sites (N-methyl/N-ethyl adjacent to an activating group) is 1. The number of benzene rings is 1. The highest BCUT2D eigenvalue weighted by atomic mass is 79.9. The first-order valence-corrected chi connectivity index (χ1v) is 8.50. The summed E-state index contributed by atoms with van der Waals surface area (Å²) in [4.78, 5) is 4.71. The molecule has 1 rings (SSSR count). The molecule has 0 aromatic heterocycles. The lowest BCUT2D eigenvalue weighted by Gasteiger charge is -2.29. The second-order valence-electron chi connectivity index (χ2n) is 6.36. The number of rotatable bonds is 8. The molecule has 1 unspecified atom stereocenters. The molecule has 120 valence electrons. The average molecular weight is 356 g/mol. The zero-order chi connectivity index (χ0) is 16.0. The second kappa shape index (κ2) is 8.76. The number of nitrogens with zero attached hydrogens (tertiary/aromatic N) is 2. The third kappa shape index (κ3) is 5.97. The molecule has 4 heteroatoms. The molecule has 0 spiro atoms. The van der Waals surface area contributed by atoms with E-state index in [-0.39, 0.29) is 0 Å². The van der Waals surface area contributed by atoms with E-state index in [9.17, 15) is 0 Å². The summed E-state index contributed by atoms with van der Waals surface area (Å²) >= 11 is 3.76. The number of anilines is 1. The van der Waals surface area contributed by atoms with Crippen molar-refractivity contribution in [2.45, 2.75) is 26.8 Å². The van der Waals surface area contributed by atoms with E-state index in [0.29, 0.717) is 12.0 Å². The van der Waals surface area contributed by atoms with Crippen LogP contribution in [0.2, 0.25) is 0 Å². The average Bonchev–Trinajstić information content (AvgIpc) is 2.42. The maximum absolute atomic E-state index is 3.76. The van der Waals surface area contributed by atoms with Gasteiger partial charge >= 0.3 is 0 Å². The van der Waals surface area contributed by atoms with Crippen molar-refractivity contribution in [2.75, 3.05) is 45.7 Å². The third-order valence-corrected chi connectivity index (χ3v) is 4.28. The van der Waals surface area contributed by atoms with E-state index < -0.39 is 0 Å². The molecule has 0 heterocycles. The Balaban J connectivity index is 2.95. The van der Waals surface area contributed by atoms with Crippen LogP contribution >= 0.6 is 15.9 Å². The van der Waals surface area contributed by atoms with Gasteiger partial charge < -0.3 is 15.1 Å². The van der Waals surface area contributed by atoms with Crippen molar-refractivity contribution in [3.63, 3.8) is 0 Å². The molecule has 0 bridgehead atoms. The monoisotopic (exact) mass is 355 g/mol. The van der Waals surface area contributed by atoms with Crippen LogP contribution in [0, 0.1) is 5.92 Å². The van der Waals surface area contributed by atoms with Crippen molar-refractivity contribution < 1.29 is 0 Å². The minimum absolute atomic E-state index is 0.371. The van der Waals surface area contributed by atoms with E-state index in [2.05, 4.69) is 84.1 Å². The van der Waals surface area contributed by atoms with Crippen LogP contribution in [0.4, 0.5) is 5.69 Å². The Bertz CT molecular complexity index is 432. The quantitative estimate of drug-likeness (QED) is 0.765. The van der Waals surface area contributed by atoms with E-state index in [1.54, 1.807) is 0 Å². The second-order valence-corrected chi connectivity index (χ2v) is 7.22. The first-order chi connectivity index (χ1) is 9.85. The fourth-order valence-corrected chi connectivity index (χ4v) is 2.93. The number of hydrogen-bond donors (Lipinski definition) is 1. The van der Waals surface area contributed by atoms with Gasteiger partial charge in [0.2, 0.25) is 0 Å². The van der Waals surface area contributed by atoms with Crippen molar-refractivity contribution >= 4 is 21.6 Å². The van der Waals surface area contributed by atoms with Gasteiger partial charge in [0.15, 0.2) is 0 Å². The van der Waals surface area contributed by atoms with Gasteiger partial charge in [0.1, 0.15) is 0 Å². The largest absolute Gasteiger partial charge is 0.369 e. The zero-order valence-electron chi connectivity index (χ0n) is 14.3. The van der Waals surface area contributed by atoms with Crippen molar-refractivity contribution in [2.24, 2.45) is 5.92 Å². The lowest BCUT2D eigenvalue weighted by Crippen LogP contribution is -2.34. The predicted octanol–water partition coefficient (Wildman–Crippen LogP) is 3.75. The minimum atomic E-state index is 0.371. The molecule has 1 aromatic rings. The van der Waals surface area contributed by atoms with Crippen LogP contribution in [0.1, 0.15) is 32.4 Å². The van der Waals surface area contributed by atoms with Gasteiger partial charge in [0.25, 0.3) is 0 Å². The molecule has 0 aliphatic heterocycles. The Morgan fingerprint density at radius 1 is 1.14 bits per heavy atom. The molecule has 0 saturated carbocycles. The Kier molecular flexibility index (Phi) is 7.71. The Hall–Kier alpha value is -0.580. The van der Waals surface area contributed by atoms with Gasteiger partial charge in [0.05, 0.1) is 5.69 Å². The molecule has 1 N–H and O–H groups in total. The smallest absolute Gasteiger partial charge is 0.0511 e. The van der Waals surface area contributed by atoms with E-state index in [1.165, 1.54) is 15.7 Å². The molecule has 0 saturated heterocycles. The van der Waals surface area contributed by atoms with Crippen LogP contribution in [-0.4, -0.2) is 45.7 Å². The van der Waals surface area contributed by atoms with Crippen LogP contribution in [0.25, 0.3) is 0 Å². The van der Waals surface area contributed by atoms with Crippen LogP contribution in [-0.2, 0) is 0 Å². The summed E-state index contributed by atoms with van der Waals surface area (Å²) in [6, 6.07) is 7.07. The SMILES string of the molecule is CNC(C)c1ccc(N(CCN(C)C)CC(C)C)c(Br)c1. The molecule has 0 radical (unpaired) electrons. The number of hydrogen-bond acceptors (Lipinski definition) is 3. The van der Waals surface area contributed by atoms with Crippen molar-refractivity contribution in [1.82, 2.24) is 10.2 Å². The van der Waals surface area contributed by atoms with Gasteiger partial charge in [-0.05, 0) is 67.6 Å². The van der Waals surface area contributed by atoms with Gasteiger partial charge in [-0.1, -0.05) is 19.9 Å². The number of nitrogens with one attached hydrogen (secondary N) is 1. The molecule has 0 aliphatic carbocycles. The first kappa shape index (κ1) is 18.5. The lowest BCUT2D eigenvalue weighted by molar-refractivity contribution is 0.409. The van der Waals surface area contributed by atoms with E-state index in [4.69, 9.17) is 0 Å².